The van der Waals surface area contributed by atoms with Gasteiger partial charge in [-0.15, -0.1) is 5.23 Å². The molecule has 0 unspecified atom stereocenters. The first-order chi connectivity index (χ1) is 8.90. The summed E-state index contributed by atoms with van der Waals surface area (Å²) in [5.74, 6) is 0. The molecule has 18 heavy (non-hydrogen) atoms. The molecule has 2 aromatic carbocycles. The molecule has 0 saturated heterocycles. The minimum Gasteiger partial charge on any atom is -0.252 e. The third-order valence-electron chi connectivity index (χ3n) is 2.57. The summed E-state index contributed by atoms with van der Waals surface area (Å²) in [6.45, 7) is 0.576. The van der Waals surface area contributed by atoms with Gasteiger partial charge in [-0.25, -0.2) is 4.84 Å². The molecule has 0 fully saturated rings. The Morgan fingerprint density at radius 3 is 2.11 bits per heavy atom. The third-order valence-corrected chi connectivity index (χ3v) is 2.57. The number of benzene rings is 2. The van der Waals surface area contributed by atoms with E-state index in [0.717, 1.165) is 12.1 Å². The molecule has 0 amide bonds. The van der Waals surface area contributed by atoms with E-state index in [1.807, 2.05) is 48.5 Å². The van der Waals surface area contributed by atoms with Gasteiger partial charge in [0.2, 0.25) is 0 Å². The number of nitrogens with zero attached hydrogens (tertiary/aromatic N) is 1. The van der Waals surface area contributed by atoms with Crippen LogP contribution in [-0.2, 0) is 16.1 Å². The maximum atomic E-state index is 5.59. The average molecular weight is 243 g/mol. The standard InChI is InChI=1S/C15H17NO2/c1-17-16(15-10-6-3-7-11-15)18-13-12-14-8-4-2-5-9-14/h2-11H,12-13H2,1H3. The molecule has 0 aromatic heterocycles. The fraction of sp³-hybridized carbons (Fsp3) is 0.200. The second kappa shape index (κ2) is 6.79. The van der Waals surface area contributed by atoms with Crippen LogP contribution >= 0.6 is 0 Å². The number of rotatable bonds is 6. The first-order valence-corrected chi connectivity index (χ1v) is 5.96. The number of hydrogen-bond donors (Lipinski definition) is 0. The van der Waals surface area contributed by atoms with Crippen LogP contribution in [0.5, 0.6) is 0 Å². The zero-order valence-corrected chi connectivity index (χ0v) is 10.5. The molecular formula is C15H17NO2. The quantitative estimate of drug-likeness (QED) is 0.727. The lowest BCUT2D eigenvalue weighted by Gasteiger charge is -2.20. The molecule has 0 N–H and O–H groups in total. The summed E-state index contributed by atoms with van der Waals surface area (Å²) in [7, 11) is 1.59. The van der Waals surface area contributed by atoms with Gasteiger partial charge in [-0.1, -0.05) is 48.5 Å². The van der Waals surface area contributed by atoms with Crippen LogP contribution in [-0.4, -0.2) is 13.7 Å². The van der Waals surface area contributed by atoms with E-state index in [1.165, 1.54) is 10.8 Å². The molecule has 0 aliphatic carbocycles. The summed E-state index contributed by atoms with van der Waals surface area (Å²) < 4.78 is 0. The predicted molar refractivity (Wildman–Crippen MR) is 72.0 cm³/mol. The van der Waals surface area contributed by atoms with Gasteiger partial charge in [0.05, 0.1) is 19.4 Å². The van der Waals surface area contributed by atoms with Crippen LogP contribution in [0.3, 0.4) is 0 Å². The summed E-state index contributed by atoms with van der Waals surface area (Å²) in [5.41, 5.74) is 2.13. The summed E-state index contributed by atoms with van der Waals surface area (Å²) in [6.07, 6.45) is 0.855. The highest BCUT2D eigenvalue weighted by Crippen LogP contribution is 2.13. The van der Waals surface area contributed by atoms with Crippen molar-refractivity contribution in [2.75, 3.05) is 18.9 Å². The maximum Gasteiger partial charge on any atom is 0.0947 e. The monoisotopic (exact) mass is 243 g/mol. The van der Waals surface area contributed by atoms with Crippen LogP contribution < -0.4 is 5.23 Å². The molecule has 2 rings (SSSR count). The topological polar surface area (TPSA) is 21.7 Å². The Morgan fingerprint density at radius 1 is 0.889 bits per heavy atom. The van der Waals surface area contributed by atoms with Crippen molar-refractivity contribution in [1.29, 1.82) is 0 Å². The Kier molecular flexibility index (Phi) is 4.76. The van der Waals surface area contributed by atoms with Crippen LogP contribution in [0.15, 0.2) is 60.7 Å². The fourth-order valence-corrected chi connectivity index (χ4v) is 1.67. The molecule has 3 heteroatoms. The lowest BCUT2D eigenvalue weighted by atomic mass is 10.2. The Morgan fingerprint density at radius 2 is 1.50 bits per heavy atom. The minimum atomic E-state index is 0.576. The molecule has 0 spiro atoms. The van der Waals surface area contributed by atoms with Crippen molar-refractivity contribution in [3.8, 4) is 0 Å². The van der Waals surface area contributed by atoms with Crippen LogP contribution in [0.2, 0.25) is 0 Å². The van der Waals surface area contributed by atoms with E-state index in [-0.39, 0.29) is 0 Å². The van der Waals surface area contributed by atoms with Crippen molar-refractivity contribution in [3.63, 3.8) is 0 Å². The second-order valence-corrected chi connectivity index (χ2v) is 3.84. The highest BCUT2D eigenvalue weighted by molar-refractivity contribution is 5.40. The molecule has 0 aliphatic heterocycles. The van der Waals surface area contributed by atoms with Gasteiger partial charge < -0.3 is 0 Å². The second-order valence-electron chi connectivity index (χ2n) is 3.84. The number of para-hydroxylation sites is 1. The zero-order chi connectivity index (χ0) is 12.6. The van der Waals surface area contributed by atoms with Gasteiger partial charge in [-0.05, 0) is 24.1 Å². The van der Waals surface area contributed by atoms with E-state index < -0.39 is 0 Å². The SMILES string of the molecule is CON(OCCc1ccccc1)c1ccccc1. The van der Waals surface area contributed by atoms with Gasteiger partial charge >= 0.3 is 0 Å². The van der Waals surface area contributed by atoms with Gasteiger partial charge in [-0.2, -0.15) is 0 Å². The predicted octanol–water partition coefficient (Wildman–Crippen LogP) is 3.23. The van der Waals surface area contributed by atoms with E-state index in [4.69, 9.17) is 9.68 Å². The molecular weight excluding hydrogens is 226 g/mol. The lowest BCUT2D eigenvalue weighted by molar-refractivity contribution is -0.0672. The van der Waals surface area contributed by atoms with Gasteiger partial charge in [0.1, 0.15) is 0 Å². The van der Waals surface area contributed by atoms with E-state index >= 15 is 0 Å². The Hall–Kier alpha value is -1.84. The molecule has 0 aliphatic rings. The number of hydrogen-bond acceptors (Lipinski definition) is 3. The van der Waals surface area contributed by atoms with Gasteiger partial charge in [0, 0.05) is 0 Å². The Bertz CT molecular complexity index is 445. The first kappa shape index (κ1) is 12.6. The normalized spacial score (nSPS) is 10.3. The lowest BCUT2D eigenvalue weighted by Crippen LogP contribution is -2.23. The maximum absolute atomic E-state index is 5.59. The van der Waals surface area contributed by atoms with Gasteiger partial charge in [0.15, 0.2) is 0 Å². The summed E-state index contributed by atoms with van der Waals surface area (Å²) in [6, 6.07) is 20.0. The van der Waals surface area contributed by atoms with E-state index in [9.17, 15) is 0 Å². The van der Waals surface area contributed by atoms with Crippen LogP contribution in [0.4, 0.5) is 5.69 Å². The first-order valence-electron chi connectivity index (χ1n) is 5.96. The summed E-state index contributed by atoms with van der Waals surface area (Å²) >= 11 is 0. The molecule has 0 heterocycles. The van der Waals surface area contributed by atoms with Crippen LogP contribution in [0.25, 0.3) is 0 Å². The highest BCUT2D eigenvalue weighted by Gasteiger charge is 2.05. The average Bonchev–Trinajstić information content (AvgIpc) is 2.46. The van der Waals surface area contributed by atoms with E-state index in [2.05, 4.69) is 12.1 Å². The summed E-state index contributed by atoms with van der Waals surface area (Å²) in [4.78, 5) is 10.8. The van der Waals surface area contributed by atoms with E-state index in [1.54, 1.807) is 7.11 Å². The number of anilines is 1. The van der Waals surface area contributed by atoms with Crippen molar-refractivity contribution < 1.29 is 9.68 Å². The molecule has 0 atom stereocenters. The Labute approximate surface area is 107 Å². The van der Waals surface area contributed by atoms with Crippen molar-refractivity contribution in [3.05, 3.63) is 66.2 Å². The van der Waals surface area contributed by atoms with Gasteiger partial charge in [-0.3, -0.25) is 4.84 Å². The zero-order valence-electron chi connectivity index (χ0n) is 10.5. The van der Waals surface area contributed by atoms with Gasteiger partial charge in [0.25, 0.3) is 0 Å². The third kappa shape index (κ3) is 3.58. The highest BCUT2D eigenvalue weighted by atomic mass is 16.9. The van der Waals surface area contributed by atoms with E-state index in [0.29, 0.717) is 6.61 Å². The molecule has 3 nitrogen and oxygen atoms in total. The largest absolute Gasteiger partial charge is 0.252 e. The smallest absolute Gasteiger partial charge is 0.0947 e. The molecule has 0 radical (unpaired) electrons. The van der Waals surface area contributed by atoms with Crippen molar-refractivity contribution in [2.45, 2.75) is 6.42 Å². The Balaban J connectivity index is 1.85. The van der Waals surface area contributed by atoms with Crippen LogP contribution in [0.1, 0.15) is 5.56 Å². The van der Waals surface area contributed by atoms with Crippen LogP contribution in [0, 0.1) is 0 Å². The van der Waals surface area contributed by atoms with Crippen molar-refractivity contribution >= 4 is 5.69 Å². The summed E-state index contributed by atoms with van der Waals surface area (Å²) in [5, 5.41) is 1.43. The molecule has 0 bridgehead atoms. The molecule has 0 saturated carbocycles. The van der Waals surface area contributed by atoms with Crippen molar-refractivity contribution in [1.82, 2.24) is 0 Å². The minimum absolute atomic E-state index is 0.576. The molecule has 94 valence electrons. The molecule has 2 aromatic rings. The van der Waals surface area contributed by atoms with Crippen molar-refractivity contribution in [2.24, 2.45) is 0 Å². The fourth-order valence-electron chi connectivity index (χ4n) is 1.67.